The van der Waals surface area contributed by atoms with Crippen molar-refractivity contribution in [1.29, 1.82) is 0 Å². The van der Waals surface area contributed by atoms with E-state index in [2.05, 4.69) is 4.72 Å². The lowest BCUT2D eigenvalue weighted by molar-refractivity contribution is 0.0714. The second kappa shape index (κ2) is 9.22. The van der Waals surface area contributed by atoms with E-state index < -0.39 is 10.0 Å². The summed E-state index contributed by atoms with van der Waals surface area (Å²) in [5.41, 5.74) is 1.78. The number of benzene rings is 1. The third-order valence-electron chi connectivity index (χ3n) is 5.40. The Labute approximate surface area is 179 Å². The van der Waals surface area contributed by atoms with Crippen molar-refractivity contribution in [3.8, 4) is 5.75 Å². The summed E-state index contributed by atoms with van der Waals surface area (Å²) in [7, 11) is -2.02. The first-order chi connectivity index (χ1) is 14.2. The zero-order chi connectivity index (χ0) is 21.9. The van der Waals surface area contributed by atoms with Crippen molar-refractivity contribution in [3.05, 3.63) is 47.3 Å². The minimum Gasteiger partial charge on any atom is -0.491 e. The van der Waals surface area contributed by atoms with E-state index >= 15 is 0 Å². The molecule has 0 bridgehead atoms. The van der Waals surface area contributed by atoms with Crippen molar-refractivity contribution >= 4 is 15.9 Å². The summed E-state index contributed by atoms with van der Waals surface area (Å²) in [6.07, 6.45) is 3.19. The smallest absolute Gasteiger partial charge is 0.270 e. The molecule has 164 valence electrons. The van der Waals surface area contributed by atoms with Crippen molar-refractivity contribution in [1.82, 2.24) is 14.2 Å². The Balaban J connectivity index is 1.73. The highest BCUT2D eigenvalue weighted by Gasteiger charge is 2.27. The molecule has 1 aliphatic rings. The molecule has 3 rings (SSSR count). The van der Waals surface area contributed by atoms with Crippen LogP contribution in [-0.4, -0.2) is 43.0 Å². The normalized spacial score (nSPS) is 14.9. The Kier molecular flexibility index (Phi) is 6.88. The predicted octanol–water partition coefficient (Wildman–Crippen LogP) is 3.23. The van der Waals surface area contributed by atoms with Gasteiger partial charge in [-0.05, 0) is 63.8 Å². The second-order valence-electron chi connectivity index (χ2n) is 8.03. The summed E-state index contributed by atoms with van der Waals surface area (Å²) >= 11 is 0. The highest BCUT2D eigenvalue weighted by Crippen LogP contribution is 2.22. The van der Waals surface area contributed by atoms with Gasteiger partial charge in [-0.2, -0.15) is 0 Å². The zero-order valence-electron chi connectivity index (χ0n) is 18.1. The number of nitrogens with zero attached hydrogens (tertiary/aromatic N) is 2. The van der Waals surface area contributed by atoms with E-state index in [4.69, 9.17) is 4.74 Å². The van der Waals surface area contributed by atoms with Crippen molar-refractivity contribution in [2.45, 2.75) is 57.6 Å². The Morgan fingerprint density at radius 1 is 1.13 bits per heavy atom. The fourth-order valence-electron chi connectivity index (χ4n) is 3.62. The van der Waals surface area contributed by atoms with Gasteiger partial charge in [0.1, 0.15) is 16.3 Å². The number of carbonyl (C=O) groups is 1. The van der Waals surface area contributed by atoms with Crippen molar-refractivity contribution < 1.29 is 17.9 Å². The van der Waals surface area contributed by atoms with Gasteiger partial charge in [0.15, 0.2) is 0 Å². The molecule has 1 aliphatic heterocycles. The molecule has 2 heterocycles. The average Bonchev–Trinajstić information content (AvgIpc) is 3.03. The van der Waals surface area contributed by atoms with Crippen molar-refractivity contribution in [2.75, 3.05) is 13.1 Å². The molecule has 1 aromatic heterocycles. The van der Waals surface area contributed by atoms with Crippen LogP contribution in [-0.2, 0) is 23.6 Å². The van der Waals surface area contributed by atoms with Crippen molar-refractivity contribution in [2.24, 2.45) is 7.05 Å². The number of carbonyl (C=O) groups excluding carboxylic acids is 1. The molecular formula is C22H31N3O4S. The van der Waals surface area contributed by atoms with Gasteiger partial charge < -0.3 is 14.2 Å². The first-order valence-corrected chi connectivity index (χ1v) is 11.9. The number of hydrogen-bond acceptors (Lipinski definition) is 4. The first-order valence-electron chi connectivity index (χ1n) is 10.4. The van der Waals surface area contributed by atoms with E-state index in [1.807, 2.05) is 43.0 Å². The van der Waals surface area contributed by atoms with Crippen LogP contribution in [0.4, 0.5) is 0 Å². The summed E-state index contributed by atoms with van der Waals surface area (Å²) < 4.78 is 35.8. The number of amides is 1. The maximum Gasteiger partial charge on any atom is 0.270 e. The molecule has 1 amide bonds. The Hall–Kier alpha value is -2.32. The van der Waals surface area contributed by atoms with E-state index in [0.717, 1.165) is 43.7 Å². The van der Waals surface area contributed by atoms with Gasteiger partial charge >= 0.3 is 0 Å². The topological polar surface area (TPSA) is 80.6 Å². The van der Waals surface area contributed by atoms with Crippen LogP contribution >= 0.6 is 0 Å². The van der Waals surface area contributed by atoms with Crippen LogP contribution in [0.2, 0.25) is 0 Å². The number of sulfonamides is 1. The molecule has 0 saturated carbocycles. The molecule has 1 N–H and O–H groups in total. The molecule has 1 aromatic carbocycles. The largest absolute Gasteiger partial charge is 0.491 e. The fraction of sp³-hybridized carbons (Fsp3) is 0.500. The van der Waals surface area contributed by atoms with Gasteiger partial charge in [-0.3, -0.25) is 4.79 Å². The maximum atomic E-state index is 12.9. The second-order valence-corrected chi connectivity index (χ2v) is 9.76. The SMILES string of the molecule is Cc1c(S(=O)(=O)NCc2ccc(OC(C)C)cc2)cc(C(=O)N2CCCCC2)n1C. The van der Waals surface area contributed by atoms with E-state index in [0.29, 0.717) is 11.4 Å². The molecule has 0 aliphatic carbocycles. The number of hydrogen-bond donors (Lipinski definition) is 1. The summed E-state index contributed by atoms with van der Waals surface area (Å²) in [6.45, 7) is 7.23. The third kappa shape index (κ3) is 5.05. The number of ether oxygens (including phenoxy) is 1. The molecule has 1 saturated heterocycles. The third-order valence-corrected chi connectivity index (χ3v) is 6.92. The van der Waals surface area contributed by atoms with E-state index in [1.165, 1.54) is 6.07 Å². The van der Waals surface area contributed by atoms with Crippen LogP contribution in [0.1, 0.15) is 54.9 Å². The zero-order valence-corrected chi connectivity index (χ0v) is 19.0. The van der Waals surface area contributed by atoms with Crippen molar-refractivity contribution in [3.63, 3.8) is 0 Å². The van der Waals surface area contributed by atoms with Crippen LogP contribution < -0.4 is 9.46 Å². The predicted molar refractivity (Wildman–Crippen MR) is 116 cm³/mol. The van der Waals surface area contributed by atoms with Crippen LogP contribution in [0, 0.1) is 6.92 Å². The standard InChI is InChI=1S/C22H31N3O4S/c1-16(2)29-19-10-8-18(9-11-19)15-23-30(27,28)21-14-20(24(4)17(21)3)22(26)25-12-6-5-7-13-25/h8-11,14,16,23H,5-7,12-13,15H2,1-4H3. The van der Waals surface area contributed by atoms with Crippen LogP contribution in [0.15, 0.2) is 35.2 Å². The lowest BCUT2D eigenvalue weighted by atomic mass is 10.1. The first kappa shape index (κ1) is 22.4. The Morgan fingerprint density at radius 3 is 2.37 bits per heavy atom. The highest BCUT2D eigenvalue weighted by atomic mass is 32.2. The summed E-state index contributed by atoms with van der Waals surface area (Å²) in [5, 5.41) is 0. The highest BCUT2D eigenvalue weighted by molar-refractivity contribution is 7.89. The number of nitrogens with one attached hydrogen (secondary N) is 1. The van der Waals surface area contributed by atoms with Gasteiger partial charge in [0.05, 0.1) is 6.10 Å². The molecule has 2 aromatic rings. The molecule has 30 heavy (non-hydrogen) atoms. The van der Waals surface area contributed by atoms with E-state index in [9.17, 15) is 13.2 Å². The lowest BCUT2D eigenvalue weighted by Gasteiger charge is -2.26. The summed E-state index contributed by atoms with van der Waals surface area (Å²) in [5.74, 6) is 0.638. The molecule has 0 atom stereocenters. The van der Waals surface area contributed by atoms with Gasteiger partial charge in [-0.1, -0.05) is 12.1 Å². The van der Waals surface area contributed by atoms with E-state index in [1.54, 1.807) is 18.5 Å². The summed E-state index contributed by atoms with van der Waals surface area (Å²) in [4.78, 5) is 14.8. The average molecular weight is 434 g/mol. The molecule has 0 spiro atoms. The lowest BCUT2D eigenvalue weighted by Crippen LogP contribution is -2.36. The number of piperidine rings is 1. The maximum absolute atomic E-state index is 12.9. The molecule has 0 unspecified atom stereocenters. The van der Waals surface area contributed by atoms with Crippen LogP contribution in [0.25, 0.3) is 0 Å². The Morgan fingerprint density at radius 2 is 1.77 bits per heavy atom. The van der Waals surface area contributed by atoms with Gasteiger partial charge in [0.25, 0.3) is 5.91 Å². The van der Waals surface area contributed by atoms with E-state index in [-0.39, 0.29) is 23.5 Å². The Bertz CT molecular complexity index is 988. The molecule has 7 nitrogen and oxygen atoms in total. The minimum atomic E-state index is -3.76. The number of aromatic nitrogens is 1. The van der Waals surface area contributed by atoms with Crippen LogP contribution in [0.5, 0.6) is 5.75 Å². The number of likely N-dealkylation sites (tertiary alicyclic amines) is 1. The molecular weight excluding hydrogens is 402 g/mol. The van der Waals surface area contributed by atoms with Gasteiger partial charge in [-0.15, -0.1) is 0 Å². The molecule has 0 radical (unpaired) electrons. The quantitative estimate of drug-likeness (QED) is 0.727. The monoisotopic (exact) mass is 433 g/mol. The fourth-order valence-corrected chi connectivity index (χ4v) is 4.93. The molecule has 1 fully saturated rings. The van der Waals surface area contributed by atoms with Gasteiger partial charge in [0.2, 0.25) is 10.0 Å². The van der Waals surface area contributed by atoms with Gasteiger partial charge in [-0.25, -0.2) is 13.1 Å². The summed E-state index contributed by atoms with van der Waals surface area (Å²) in [6, 6.07) is 8.82. The van der Waals surface area contributed by atoms with Crippen LogP contribution in [0.3, 0.4) is 0 Å². The molecule has 8 heteroatoms. The van der Waals surface area contributed by atoms with Gasteiger partial charge in [0, 0.05) is 32.4 Å². The number of rotatable bonds is 7. The minimum absolute atomic E-state index is 0.0808.